The molecule has 0 heterocycles. The minimum atomic E-state index is -3.73. The Morgan fingerprint density at radius 2 is 1.55 bits per heavy atom. The number of carbonyl (C=O) groups is 2. The van der Waals surface area contributed by atoms with Gasteiger partial charge < -0.3 is 10.2 Å². The molecule has 0 bridgehead atoms. The van der Waals surface area contributed by atoms with Crippen molar-refractivity contribution in [2.24, 2.45) is 0 Å². The van der Waals surface area contributed by atoms with Crippen LogP contribution in [0.2, 0.25) is 0 Å². The summed E-state index contributed by atoms with van der Waals surface area (Å²) in [6, 6.07) is 12.8. The molecule has 0 aliphatic carbocycles. The summed E-state index contributed by atoms with van der Waals surface area (Å²) in [6.45, 7) is 8.53. The number of nitrogens with zero attached hydrogens (tertiary/aromatic N) is 2. The maximum absolute atomic E-state index is 13.2. The van der Waals surface area contributed by atoms with Crippen LogP contribution in [0.1, 0.15) is 43.1 Å². The van der Waals surface area contributed by atoms with Gasteiger partial charge in [-0.1, -0.05) is 36.8 Å². The van der Waals surface area contributed by atoms with Crippen molar-refractivity contribution in [2.45, 2.75) is 40.2 Å². The first-order chi connectivity index (χ1) is 14.6. The van der Waals surface area contributed by atoms with Crippen molar-refractivity contribution in [2.75, 3.05) is 29.0 Å². The number of carbonyl (C=O) groups excluding carboxylic acids is 2. The topological polar surface area (TPSA) is 86.8 Å². The van der Waals surface area contributed by atoms with Crippen LogP contribution in [0.4, 0.5) is 11.4 Å². The molecule has 8 heteroatoms. The molecule has 1 atom stereocenters. The maximum atomic E-state index is 13.2. The van der Waals surface area contributed by atoms with Crippen molar-refractivity contribution in [1.29, 1.82) is 0 Å². The minimum absolute atomic E-state index is 0.188. The number of rotatable bonds is 9. The smallest absolute Gasteiger partial charge is 0.255 e. The molecule has 0 saturated heterocycles. The molecule has 0 saturated carbocycles. The van der Waals surface area contributed by atoms with Crippen LogP contribution in [-0.4, -0.2) is 50.5 Å². The highest BCUT2D eigenvalue weighted by atomic mass is 32.2. The van der Waals surface area contributed by atoms with Crippen molar-refractivity contribution in [1.82, 2.24) is 4.90 Å². The van der Waals surface area contributed by atoms with Crippen molar-refractivity contribution in [3.63, 3.8) is 0 Å². The average Bonchev–Trinajstić information content (AvgIpc) is 2.73. The Morgan fingerprint density at radius 3 is 2.06 bits per heavy atom. The molecule has 2 aromatic carbocycles. The van der Waals surface area contributed by atoms with Gasteiger partial charge in [-0.15, -0.1) is 0 Å². The van der Waals surface area contributed by atoms with Gasteiger partial charge >= 0.3 is 0 Å². The fourth-order valence-corrected chi connectivity index (χ4v) is 4.64. The van der Waals surface area contributed by atoms with Crippen molar-refractivity contribution < 1.29 is 18.0 Å². The Balaban J connectivity index is 2.40. The molecule has 2 amide bonds. The van der Waals surface area contributed by atoms with Gasteiger partial charge in [0.25, 0.3) is 5.91 Å². The fraction of sp³-hybridized carbons (Fsp3) is 0.391. The van der Waals surface area contributed by atoms with Crippen LogP contribution in [0.15, 0.2) is 48.5 Å². The molecule has 7 nitrogen and oxygen atoms in total. The molecule has 0 aromatic heterocycles. The molecule has 2 aromatic rings. The van der Waals surface area contributed by atoms with Crippen LogP contribution >= 0.6 is 0 Å². The number of hydrogen-bond donors (Lipinski definition) is 1. The zero-order chi connectivity index (χ0) is 23.2. The number of nitrogens with one attached hydrogen (secondary N) is 1. The normalized spacial score (nSPS) is 12.2. The third kappa shape index (κ3) is 5.85. The van der Waals surface area contributed by atoms with E-state index in [-0.39, 0.29) is 12.3 Å². The molecule has 1 N–H and O–H groups in total. The highest BCUT2D eigenvalue weighted by Gasteiger charge is 2.32. The molecular weight excluding hydrogens is 414 g/mol. The highest BCUT2D eigenvalue weighted by Crippen LogP contribution is 2.25. The summed E-state index contributed by atoms with van der Waals surface area (Å²) in [7, 11) is -3.73. The maximum Gasteiger partial charge on any atom is 0.255 e. The lowest BCUT2D eigenvalue weighted by atomic mass is 10.1. The molecule has 0 radical (unpaired) electrons. The van der Waals surface area contributed by atoms with E-state index in [1.165, 1.54) is 0 Å². The Bertz CT molecular complexity index is 1020. The average molecular weight is 446 g/mol. The van der Waals surface area contributed by atoms with Gasteiger partial charge in [-0.05, 0) is 51.5 Å². The highest BCUT2D eigenvalue weighted by molar-refractivity contribution is 7.92. The molecule has 2 rings (SSSR count). The van der Waals surface area contributed by atoms with E-state index in [1.54, 1.807) is 60.4 Å². The van der Waals surface area contributed by atoms with Gasteiger partial charge in [0.2, 0.25) is 15.9 Å². The van der Waals surface area contributed by atoms with E-state index in [4.69, 9.17) is 0 Å². The number of benzene rings is 2. The van der Waals surface area contributed by atoms with Gasteiger partial charge in [-0.2, -0.15) is 0 Å². The first kappa shape index (κ1) is 24.4. The predicted octanol–water partition coefficient (Wildman–Crippen LogP) is 3.66. The van der Waals surface area contributed by atoms with Gasteiger partial charge in [-0.25, -0.2) is 8.42 Å². The summed E-state index contributed by atoms with van der Waals surface area (Å²) in [5.74, 6) is -0.680. The number of anilines is 2. The standard InChI is InChI=1S/C23H31N3O4S/c1-6-21(26(31(5,29)30)18-15-13-17(4)14-16-18)22(27)24-20-12-10-9-11-19(20)23(28)25(7-2)8-3/h9-16,21H,6-8H2,1-5H3,(H,24,27)/t21-/m1/s1. The van der Waals surface area contributed by atoms with E-state index >= 15 is 0 Å². The van der Waals surface area contributed by atoms with Crippen LogP contribution in [0.3, 0.4) is 0 Å². The second-order valence-electron chi connectivity index (χ2n) is 7.33. The first-order valence-corrected chi connectivity index (χ1v) is 12.2. The second-order valence-corrected chi connectivity index (χ2v) is 9.19. The quantitative estimate of drug-likeness (QED) is 0.638. The van der Waals surface area contributed by atoms with E-state index in [0.717, 1.165) is 16.1 Å². The van der Waals surface area contributed by atoms with Crippen molar-refractivity contribution in [3.8, 4) is 0 Å². The number of sulfonamides is 1. The van der Waals surface area contributed by atoms with Gasteiger partial charge in [-0.3, -0.25) is 13.9 Å². The summed E-state index contributed by atoms with van der Waals surface area (Å²) in [5, 5.41) is 2.79. The number of aryl methyl sites for hydroxylation is 1. The Kier molecular flexibility index (Phi) is 8.21. The SMILES string of the molecule is CC[C@H](C(=O)Nc1ccccc1C(=O)N(CC)CC)N(c1ccc(C)cc1)S(C)(=O)=O. The van der Waals surface area contributed by atoms with Crippen LogP contribution < -0.4 is 9.62 Å². The molecule has 168 valence electrons. The van der Waals surface area contributed by atoms with Crippen LogP contribution in [0.5, 0.6) is 0 Å². The summed E-state index contributed by atoms with van der Waals surface area (Å²) < 4.78 is 26.3. The molecule has 31 heavy (non-hydrogen) atoms. The largest absolute Gasteiger partial charge is 0.339 e. The fourth-order valence-electron chi connectivity index (χ4n) is 3.43. The second kappa shape index (κ2) is 10.4. The summed E-state index contributed by atoms with van der Waals surface area (Å²) in [6.07, 6.45) is 1.35. The monoisotopic (exact) mass is 445 g/mol. The third-order valence-electron chi connectivity index (χ3n) is 5.08. The van der Waals surface area contributed by atoms with Crippen LogP contribution in [0, 0.1) is 6.92 Å². The van der Waals surface area contributed by atoms with Crippen molar-refractivity contribution >= 4 is 33.2 Å². The Hall–Kier alpha value is -2.87. The first-order valence-electron chi connectivity index (χ1n) is 10.4. The minimum Gasteiger partial charge on any atom is -0.339 e. The van der Waals surface area contributed by atoms with E-state index in [0.29, 0.717) is 30.0 Å². The van der Waals surface area contributed by atoms with Gasteiger partial charge in [0.15, 0.2) is 0 Å². The molecule has 0 aliphatic rings. The number of hydrogen-bond acceptors (Lipinski definition) is 4. The molecule has 0 aliphatic heterocycles. The zero-order valence-electron chi connectivity index (χ0n) is 18.8. The molecule has 0 unspecified atom stereocenters. The Morgan fingerprint density at radius 1 is 0.968 bits per heavy atom. The third-order valence-corrected chi connectivity index (χ3v) is 6.26. The Labute approximate surface area is 185 Å². The number of amides is 2. The molecule has 0 fully saturated rings. The lowest BCUT2D eigenvalue weighted by Crippen LogP contribution is -2.47. The van der Waals surface area contributed by atoms with Crippen LogP contribution in [-0.2, 0) is 14.8 Å². The lowest BCUT2D eigenvalue weighted by Gasteiger charge is -2.30. The molecular formula is C23H31N3O4S. The van der Waals surface area contributed by atoms with Crippen molar-refractivity contribution in [3.05, 3.63) is 59.7 Å². The van der Waals surface area contributed by atoms with Gasteiger partial charge in [0.1, 0.15) is 6.04 Å². The van der Waals surface area contributed by atoms with E-state index in [1.807, 2.05) is 20.8 Å². The van der Waals surface area contributed by atoms with E-state index in [9.17, 15) is 18.0 Å². The summed E-state index contributed by atoms with van der Waals surface area (Å²) in [5.41, 5.74) is 2.14. The lowest BCUT2D eigenvalue weighted by molar-refractivity contribution is -0.117. The van der Waals surface area contributed by atoms with Gasteiger partial charge in [0.05, 0.1) is 23.2 Å². The van der Waals surface area contributed by atoms with Gasteiger partial charge in [0, 0.05) is 13.1 Å². The van der Waals surface area contributed by atoms with Crippen LogP contribution in [0.25, 0.3) is 0 Å². The van der Waals surface area contributed by atoms with E-state index in [2.05, 4.69) is 5.32 Å². The molecule has 0 spiro atoms. The number of para-hydroxylation sites is 1. The predicted molar refractivity (Wildman–Crippen MR) is 125 cm³/mol. The summed E-state index contributed by atoms with van der Waals surface area (Å²) in [4.78, 5) is 27.7. The van der Waals surface area contributed by atoms with E-state index < -0.39 is 22.0 Å². The summed E-state index contributed by atoms with van der Waals surface area (Å²) >= 11 is 0. The zero-order valence-corrected chi connectivity index (χ0v) is 19.6.